The molecule has 4 N–H and O–H groups in total. The van der Waals surface area contributed by atoms with E-state index in [4.69, 9.17) is 0 Å². The molecule has 0 saturated carbocycles. The van der Waals surface area contributed by atoms with Gasteiger partial charge in [0.1, 0.15) is 17.3 Å². The van der Waals surface area contributed by atoms with Crippen molar-refractivity contribution in [3.63, 3.8) is 0 Å². The Morgan fingerprint density at radius 2 is 1.54 bits per heavy atom. The number of carbonyl (C=O) groups excluding carboxylic acids is 1. The minimum absolute atomic E-state index is 0.0200. The first kappa shape index (κ1) is 26.3. The summed E-state index contributed by atoms with van der Waals surface area (Å²) in [6.45, 7) is 11.5. The van der Waals surface area contributed by atoms with Gasteiger partial charge in [-0.25, -0.2) is 0 Å². The van der Waals surface area contributed by atoms with Crippen molar-refractivity contribution < 1.29 is 25.2 Å². The lowest BCUT2D eigenvalue weighted by Crippen LogP contribution is -2.37. The maximum absolute atomic E-state index is 13.5. The third kappa shape index (κ3) is 4.92. The van der Waals surface area contributed by atoms with E-state index in [0.29, 0.717) is 35.8 Å². The third-order valence-corrected chi connectivity index (χ3v) is 6.83. The Hall–Kier alpha value is -3.31. The number of benzene rings is 2. The van der Waals surface area contributed by atoms with Gasteiger partial charge in [-0.3, -0.25) is 4.79 Å². The van der Waals surface area contributed by atoms with Gasteiger partial charge in [-0.2, -0.15) is 0 Å². The molecule has 3 rings (SSSR count). The van der Waals surface area contributed by atoms with Gasteiger partial charge in [0.25, 0.3) is 0 Å². The van der Waals surface area contributed by atoms with Gasteiger partial charge < -0.3 is 20.4 Å². The van der Waals surface area contributed by atoms with Gasteiger partial charge >= 0.3 is 0 Å². The summed E-state index contributed by atoms with van der Waals surface area (Å²) in [5.74, 6) is -0.833. The fraction of sp³-hybridized carbons (Fsp3) is 0.367. The largest absolute Gasteiger partial charge is 0.507 e. The van der Waals surface area contributed by atoms with Crippen molar-refractivity contribution in [3.8, 4) is 11.5 Å². The van der Waals surface area contributed by atoms with Crippen LogP contribution < -0.4 is 0 Å². The van der Waals surface area contributed by atoms with Gasteiger partial charge in [-0.05, 0) is 83.4 Å². The van der Waals surface area contributed by atoms with E-state index in [1.165, 1.54) is 6.08 Å². The van der Waals surface area contributed by atoms with Crippen molar-refractivity contribution in [1.29, 1.82) is 0 Å². The molecular weight excluding hydrogens is 440 g/mol. The summed E-state index contributed by atoms with van der Waals surface area (Å²) in [6.07, 6.45) is 8.18. The van der Waals surface area contributed by atoms with Gasteiger partial charge in [-0.15, -0.1) is 0 Å². The molecule has 2 aromatic carbocycles. The van der Waals surface area contributed by atoms with Crippen LogP contribution in [0.5, 0.6) is 11.5 Å². The molecule has 0 saturated heterocycles. The van der Waals surface area contributed by atoms with Crippen LogP contribution in [0.25, 0.3) is 16.5 Å². The highest BCUT2D eigenvalue weighted by molar-refractivity contribution is 6.11. The van der Waals surface area contributed by atoms with Crippen LogP contribution in [-0.2, 0) is 16.6 Å². The first-order valence-corrected chi connectivity index (χ1v) is 11.9. The van der Waals surface area contributed by atoms with E-state index in [1.807, 2.05) is 65.0 Å². The normalized spacial score (nSPS) is 17.7. The smallest absolute Gasteiger partial charge is 0.170 e. The molecular formula is C30H36O5. The molecule has 0 fully saturated rings. The summed E-state index contributed by atoms with van der Waals surface area (Å²) in [6, 6.07) is 3.72. The summed E-state index contributed by atoms with van der Waals surface area (Å²) in [7, 11) is 0. The molecule has 35 heavy (non-hydrogen) atoms. The summed E-state index contributed by atoms with van der Waals surface area (Å²) in [4.78, 5) is 13.5. The number of fused-ring (bicyclic) bond motifs is 2. The number of phenolic OH excluding ortho intramolecular Hbond substituents is 2. The van der Waals surface area contributed by atoms with Gasteiger partial charge in [0, 0.05) is 11.6 Å². The molecule has 1 atom stereocenters. The van der Waals surface area contributed by atoms with E-state index in [1.54, 1.807) is 6.92 Å². The molecule has 0 bridgehead atoms. The maximum atomic E-state index is 13.5. The van der Waals surface area contributed by atoms with E-state index < -0.39 is 5.41 Å². The number of hydrogen-bond acceptors (Lipinski definition) is 5. The van der Waals surface area contributed by atoms with E-state index in [-0.39, 0.29) is 40.6 Å². The second kappa shape index (κ2) is 10.1. The zero-order valence-corrected chi connectivity index (χ0v) is 21.5. The first-order chi connectivity index (χ1) is 16.4. The number of hydrogen-bond donors (Lipinski definition) is 4. The summed E-state index contributed by atoms with van der Waals surface area (Å²) in [5.41, 5.74) is 4.10. The second-order valence-electron chi connectivity index (χ2n) is 10.1. The van der Waals surface area contributed by atoms with Crippen molar-refractivity contribution in [1.82, 2.24) is 0 Å². The van der Waals surface area contributed by atoms with Crippen molar-refractivity contribution in [2.45, 2.75) is 66.2 Å². The van der Waals surface area contributed by atoms with E-state index >= 15 is 0 Å². The molecule has 5 nitrogen and oxygen atoms in total. The molecule has 1 aliphatic rings. The molecule has 0 radical (unpaired) electrons. The summed E-state index contributed by atoms with van der Waals surface area (Å²) >= 11 is 0. The Morgan fingerprint density at radius 1 is 0.914 bits per heavy atom. The van der Waals surface area contributed by atoms with E-state index in [9.17, 15) is 25.2 Å². The highest BCUT2D eigenvalue weighted by Crippen LogP contribution is 2.50. The lowest BCUT2D eigenvalue weighted by Gasteiger charge is -2.36. The number of aliphatic hydroxyl groups excluding tert-OH is 2. The van der Waals surface area contributed by atoms with Gasteiger partial charge in [0.2, 0.25) is 0 Å². The van der Waals surface area contributed by atoms with Crippen LogP contribution in [0.2, 0.25) is 0 Å². The van der Waals surface area contributed by atoms with Crippen LogP contribution in [0.4, 0.5) is 0 Å². The molecule has 186 valence electrons. The van der Waals surface area contributed by atoms with Crippen molar-refractivity contribution in [3.05, 3.63) is 75.4 Å². The first-order valence-electron chi connectivity index (χ1n) is 11.9. The van der Waals surface area contributed by atoms with Gasteiger partial charge in [0.05, 0.1) is 23.0 Å². The highest BCUT2D eigenvalue weighted by atomic mass is 16.3. The van der Waals surface area contributed by atoms with Crippen LogP contribution >= 0.6 is 0 Å². The number of rotatable bonds is 7. The molecule has 0 aromatic heterocycles. The Labute approximate surface area is 207 Å². The minimum Gasteiger partial charge on any atom is -0.507 e. The average Bonchev–Trinajstić information content (AvgIpc) is 2.77. The summed E-state index contributed by atoms with van der Waals surface area (Å²) < 4.78 is 0. The topological polar surface area (TPSA) is 98.0 Å². The number of ketones is 1. The number of aromatic hydroxyl groups is 2. The zero-order valence-electron chi connectivity index (χ0n) is 21.5. The van der Waals surface area contributed by atoms with Crippen LogP contribution in [0.1, 0.15) is 69.7 Å². The number of aryl methyl sites for hydroxylation is 1. The molecule has 0 heterocycles. The maximum Gasteiger partial charge on any atom is 0.170 e. The molecule has 0 unspecified atom stereocenters. The van der Waals surface area contributed by atoms with E-state index in [2.05, 4.69) is 0 Å². The number of aliphatic hydroxyl groups is 2. The summed E-state index contributed by atoms with van der Waals surface area (Å²) in [5, 5.41) is 43.8. The van der Waals surface area contributed by atoms with Gasteiger partial charge in [0.15, 0.2) is 5.78 Å². The lowest BCUT2D eigenvalue weighted by molar-refractivity contribution is -0.120. The van der Waals surface area contributed by atoms with Crippen LogP contribution in [0.3, 0.4) is 0 Å². The molecule has 0 amide bonds. The highest BCUT2D eigenvalue weighted by Gasteiger charge is 2.44. The van der Waals surface area contributed by atoms with Crippen molar-refractivity contribution in [2.24, 2.45) is 0 Å². The van der Waals surface area contributed by atoms with E-state index in [0.717, 1.165) is 22.3 Å². The predicted molar refractivity (Wildman–Crippen MR) is 142 cm³/mol. The Bertz CT molecular complexity index is 1300. The quantitative estimate of drug-likeness (QED) is 0.343. The molecule has 1 aliphatic carbocycles. The standard InChI is InChI=1S/C30H36O5/c1-17(2)7-8-22-20(6)13-21-14-23-27(29(35)26(21)28(22)34)24(32)15-25(33)30(23,11-9-18(3)4)12-10-19(5)16-31/h7,9-10,13-15,31-32,34-35H,8,11-12,16H2,1-6H3/b19-10-/t30-/m0/s1. The second-order valence-corrected chi connectivity index (χ2v) is 10.1. The SMILES string of the molecule is CC(C)=CCc1c(C)cc2cc3c(c(O)c2c1O)C(O)=CC(=O)[C@@]3(CC=C(C)C)C/C=C(/C)CO. The van der Waals surface area contributed by atoms with Crippen LogP contribution in [0.15, 0.2) is 53.2 Å². The Kier molecular flexibility index (Phi) is 7.61. The number of phenols is 2. The van der Waals surface area contributed by atoms with Gasteiger partial charge in [-0.1, -0.05) is 41.0 Å². The minimum atomic E-state index is -1.06. The number of allylic oxidation sites excluding steroid dienone is 6. The number of carbonyl (C=O) groups is 1. The van der Waals surface area contributed by atoms with Crippen LogP contribution in [-0.4, -0.2) is 32.8 Å². The fourth-order valence-corrected chi connectivity index (χ4v) is 4.67. The molecule has 0 aliphatic heterocycles. The molecule has 2 aromatic rings. The average molecular weight is 477 g/mol. The molecule has 0 spiro atoms. The van der Waals surface area contributed by atoms with Crippen molar-refractivity contribution in [2.75, 3.05) is 6.61 Å². The van der Waals surface area contributed by atoms with Crippen LogP contribution in [0, 0.1) is 6.92 Å². The zero-order chi connectivity index (χ0) is 26.1. The monoisotopic (exact) mass is 476 g/mol. The Balaban J connectivity index is 2.39. The van der Waals surface area contributed by atoms with Crippen molar-refractivity contribution >= 4 is 22.3 Å². The fourth-order valence-electron chi connectivity index (χ4n) is 4.67. The lowest BCUT2D eigenvalue weighted by atomic mass is 9.66. The third-order valence-electron chi connectivity index (χ3n) is 6.83. The molecule has 5 heteroatoms. The Morgan fingerprint density at radius 3 is 2.14 bits per heavy atom. The predicted octanol–water partition coefficient (Wildman–Crippen LogP) is 6.47.